The summed E-state index contributed by atoms with van der Waals surface area (Å²) in [6.45, 7) is 1.98. The topological polar surface area (TPSA) is 69.6 Å². The molecule has 0 spiro atoms. The van der Waals surface area contributed by atoms with Crippen molar-refractivity contribution in [2.45, 2.75) is 25.8 Å². The van der Waals surface area contributed by atoms with Gasteiger partial charge in [0.05, 0.1) is 0 Å². The molecule has 4 nitrogen and oxygen atoms in total. The molecule has 86 valence electrons. The highest BCUT2D eigenvalue weighted by molar-refractivity contribution is 5.95. The highest BCUT2D eigenvalue weighted by atomic mass is 16.3. The van der Waals surface area contributed by atoms with Crippen molar-refractivity contribution in [3.63, 3.8) is 0 Å². The summed E-state index contributed by atoms with van der Waals surface area (Å²) in [6.07, 6.45) is 2.34. The Morgan fingerprint density at radius 1 is 1.38 bits per heavy atom. The number of aromatic hydroxyl groups is 2. The lowest BCUT2D eigenvalue weighted by Gasteiger charge is -2.12. The monoisotopic (exact) mass is 221 g/mol. The van der Waals surface area contributed by atoms with Gasteiger partial charge in [0.25, 0.3) is 5.91 Å². The van der Waals surface area contributed by atoms with Crippen molar-refractivity contribution in [2.75, 3.05) is 0 Å². The van der Waals surface area contributed by atoms with Crippen molar-refractivity contribution in [2.24, 2.45) is 5.92 Å². The van der Waals surface area contributed by atoms with Gasteiger partial charge in [-0.2, -0.15) is 0 Å². The molecule has 1 atom stereocenters. The maximum absolute atomic E-state index is 11.7. The Hall–Kier alpha value is -1.71. The normalized spacial score (nSPS) is 16.8. The minimum atomic E-state index is -0.272. The number of carbonyl (C=O) groups is 1. The van der Waals surface area contributed by atoms with Crippen molar-refractivity contribution in [1.82, 2.24) is 5.32 Å². The summed E-state index contributed by atoms with van der Waals surface area (Å²) >= 11 is 0. The molecule has 0 saturated heterocycles. The van der Waals surface area contributed by atoms with E-state index in [0.29, 0.717) is 11.5 Å². The molecule has 1 aliphatic rings. The van der Waals surface area contributed by atoms with E-state index in [-0.39, 0.29) is 23.4 Å². The summed E-state index contributed by atoms with van der Waals surface area (Å²) in [5.41, 5.74) is 0.364. The highest BCUT2D eigenvalue weighted by Crippen LogP contribution is 2.32. The predicted octanol–water partition coefficient (Wildman–Crippen LogP) is 1.63. The minimum absolute atomic E-state index is 0.170. The fourth-order valence-corrected chi connectivity index (χ4v) is 1.67. The number of amides is 1. The van der Waals surface area contributed by atoms with Crippen LogP contribution in [-0.4, -0.2) is 22.2 Å². The fraction of sp³-hybridized carbons (Fsp3) is 0.417. The van der Waals surface area contributed by atoms with Crippen LogP contribution in [0.2, 0.25) is 0 Å². The highest BCUT2D eigenvalue weighted by Gasteiger charge is 2.29. The van der Waals surface area contributed by atoms with Gasteiger partial charge in [0.15, 0.2) is 11.5 Å². The fourth-order valence-electron chi connectivity index (χ4n) is 1.67. The third kappa shape index (κ3) is 2.27. The zero-order chi connectivity index (χ0) is 11.7. The molecule has 1 saturated carbocycles. The van der Waals surface area contributed by atoms with E-state index in [9.17, 15) is 9.90 Å². The van der Waals surface area contributed by atoms with E-state index in [1.54, 1.807) is 0 Å². The number of benzene rings is 1. The number of carbonyl (C=O) groups excluding carboxylic acids is 1. The summed E-state index contributed by atoms with van der Waals surface area (Å²) in [7, 11) is 0. The Labute approximate surface area is 93.9 Å². The molecule has 0 aliphatic heterocycles. The van der Waals surface area contributed by atoms with Gasteiger partial charge in [-0.1, -0.05) is 0 Å². The first-order chi connectivity index (χ1) is 7.58. The van der Waals surface area contributed by atoms with Crippen LogP contribution >= 0.6 is 0 Å². The van der Waals surface area contributed by atoms with Crippen molar-refractivity contribution < 1.29 is 15.0 Å². The van der Waals surface area contributed by atoms with E-state index in [2.05, 4.69) is 5.32 Å². The van der Waals surface area contributed by atoms with E-state index in [1.807, 2.05) is 6.92 Å². The minimum Gasteiger partial charge on any atom is -0.504 e. The van der Waals surface area contributed by atoms with Crippen LogP contribution in [0.4, 0.5) is 0 Å². The van der Waals surface area contributed by atoms with Crippen LogP contribution in [0, 0.1) is 5.92 Å². The predicted molar refractivity (Wildman–Crippen MR) is 59.4 cm³/mol. The number of hydrogen-bond acceptors (Lipinski definition) is 3. The van der Waals surface area contributed by atoms with Gasteiger partial charge in [-0.25, -0.2) is 0 Å². The number of phenolic OH excluding ortho intramolecular Hbond substituents is 2. The number of nitrogens with one attached hydrogen (secondary N) is 1. The molecule has 1 aromatic carbocycles. The lowest BCUT2D eigenvalue weighted by molar-refractivity contribution is 0.0935. The van der Waals surface area contributed by atoms with Gasteiger partial charge < -0.3 is 15.5 Å². The van der Waals surface area contributed by atoms with E-state index < -0.39 is 0 Å². The smallest absolute Gasteiger partial charge is 0.251 e. The van der Waals surface area contributed by atoms with E-state index in [4.69, 9.17) is 5.11 Å². The van der Waals surface area contributed by atoms with Gasteiger partial charge in [-0.15, -0.1) is 0 Å². The molecular formula is C12H15NO3. The molecule has 0 aromatic heterocycles. The van der Waals surface area contributed by atoms with E-state index in [1.165, 1.54) is 31.0 Å². The third-order valence-electron chi connectivity index (χ3n) is 2.93. The van der Waals surface area contributed by atoms with Crippen LogP contribution in [0.1, 0.15) is 30.1 Å². The SMILES string of the molecule is CC(NC(=O)c1ccc(O)c(O)c1)C1CC1. The van der Waals surface area contributed by atoms with Gasteiger partial charge >= 0.3 is 0 Å². The Morgan fingerprint density at radius 2 is 2.06 bits per heavy atom. The molecule has 16 heavy (non-hydrogen) atoms. The number of rotatable bonds is 3. The number of hydrogen-bond donors (Lipinski definition) is 3. The van der Waals surface area contributed by atoms with Crippen LogP contribution in [0.3, 0.4) is 0 Å². The lowest BCUT2D eigenvalue weighted by Crippen LogP contribution is -2.33. The van der Waals surface area contributed by atoms with Gasteiger partial charge in [0.1, 0.15) is 0 Å². The van der Waals surface area contributed by atoms with Crippen LogP contribution < -0.4 is 5.32 Å². The maximum Gasteiger partial charge on any atom is 0.251 e. The average Bonchev–Trinajstić information content (AvgIpc) is 3.05. The van der Waals surface area contributed by atoms with Crippen molar-refractivity contribution in [1.29, 1.82) is 0 Å². The largest absolute Gasteiger partial charge is 0.504 e. The van der Waals surface area contributed by atoms with Crippen LogP contribution in [-0.2, 0) is 0 Å². The summed E-state index contributed by atoms with van der Waals surface area (Å²) in [4.78, 5) is 11.7. The average molecular weight is 221 g/mol. The first-order valence-electron chi connectivity index (χ1n) is 5.41. The molecule has 1 aromatic rings. The summed E-state index contributed by atoms with van der Waals surface area (Å²) < 4.78 is 0. The first kappa shape index (κ1) is 10.8. The molecular weight excluding hydrogens is 206 g/mol. The van der Waals surface area contributed by atoms with Crippen molar-refractivity contribution in [3.05, 3.63) is 23.8 Å². The molecule has 0 heterocycles. The summed E-state index contributed by atoms with van der Waals surface area (Å²) in [5.74, 6) is -0.108. The standard InChI is InChI=1S/C12H15NO3/c1-7(8-2-3-8)13-12(16)9-4-5-10(14)11(15)6-9/h4-8,14-15H,2-3H2,1H3,(H,13,16). The second kappa shape index (κ2) is 4.04. The molecule has 2 rings (SSSR count). The Bertz CT molecular complexity index is 413. The van der Waals surface area contributed by atoms with Gasteiger partial charge in [-0.05, 0) is 43.9 Å². The van der Waals surface area contributed by atoms with Gasteiger partial charge in [0, 0.05) is 11.6 Å². The summed E-state index contributed by atoms with van der Waals surface area (Å²) in [6, 6.07) is 4.24. The van der Waals surface area contributed by atoms with E-state index >= 15 is 0 Å². The molecule has 1 unspecified atom stereocenters. The van der Waals surface area contributed by atoms with Crippen LogP contribution in [0.25, 0.3) is 0 Å². The zero-order valence-corrected chi connectivity index (χ0v) is 9.10. The molecule has 0 bridgehead atoms. The molecule has 4 heteroatoms. The quantitative estimate of drug-likeness (QED) is 0.679. The molecule has 1 amide bonds. The first-order valence-corrected chi connectivity index (χ1v) is 5.41. The Morgan fingerprint density at radius 3 is 2.62 bits per heavy atom. The summed E-state index contributed by atoms with van der Waals surface area (Å²) in [5, 5.41) is 21.3. The molecule has 0 radical (unpaired) electrons. The Balaban J connectivity index is 2.05. The lowest BCUT2D eigenvalue weighted by atomic mass is 10.1. The van der Waals surface area contributed by atoms with Crippen molar-refractivity contribution in [3.8, 4) is 11.5 Å². The third-order valence-corrected chi connectivity index (χ3v) is 2.93. The van der Waals surface area contributed by atoms with Crippen molar-refractivity contribution >= 4 is 5.91 Å². The maximum atomic E-state index is 11.7. The van der Waals surface area contributed by atoms with Crippen LogP contribution in [0.15, 0.2) is 18.2 Å². The zero-order valence-electron chi connectivity index (χ0n) is 9.10. The molecule has 1 aliphatic carbocycles. The van der Waals surface area contributed by atoms with Gasteiger partial charge in [0.2, 0.25) is 0 Å². The van der Waals surface area contributed by atoms with Crippen LogP contribution in [0.5, 0.6) is 11.5 Å². The molecule has 1 fully saturated rings. The molecule has 3 N–H and O–H groups in total. The second-order valence-electron chi connectivity index (χ2n) is 4.30. The van der Waals surface area contributed by atoms with Gasteiger partial charge in [-0.3, -0.25) is 4.79 Å². The second-order valence-corrected chi connectivity index (χ2v) is 4.30. The van der Waals surface area contributed by atoms with E-state index in [0.717, 1.165) is 0 Å². The number of phenols is 2. The Kier molecular flexibility index (Phi) is 2.73.